The van der Waals surface area contributed by atoms with E-state index < -0.39 is 11.5 Å². The predicted octanol–water partition coefficient (Wildman–Crippen LogP) is 1.97. The third-order valence-electron chi connectivity index (χ3n) is 3.40. The van der Waals surface area contributed by atoms with Crippen LogP contribution in [0.5, 0.6) is 5.75 Å². The van der Waals surface area contributed by atoms with Gasteiger partial charge in [-0.3, -0.25) is 4.79 Å². The van der Waals surface area contributed by atoms with Gasteiger partial charge in [0.15, 0.2) is 0 Å². The summed E-state index contributed by atoms with van der Waals surface area (Å²) in [5.41, 5.74) is -0.526. The first kappa shape index (κ1) is 16.0. The number of methoxy groups -OCH3 is 1. The van der Waals surface area contributed by atoms with Crippen LogP contribution in [0.15, 0.2) is 18.2 Å². The van der Waals surface area contributed by atoms with E-state index in [4.69, 9.17) is 16.3 Å². The molecule has 1 aromatic carbocycles. The Hall–Kier alpha value is -1.40. The lowest BCUT2D eigenvalue weighted by atomic mass is 9.98. The van der Waals surface area contributed by atoms with Crippen molar-refractivity contribution in [3.8, 4) is 5.75 Å². The SMILES string of the molecule is COc1ccc(Cl)cc1CC(=O)NC1(C(=O)O)CCSC1. The van der Waals surface area contributed by atoms with Gasteiger partial charge in [-0.2, -0.15) is 11.8 Å². The minimum Gasteiger partial charge on any atom is -0.496 e. The minimum atomic E-state index is -1.16. The highest BCUT2D eigenvalue weighted by molar-refractivity contribution is 7.99. The van der Waals surface area contributed by atoms with E-state index in [0.717, 1.165) is 5.75 Å². The third kappa shape index (κ3) is 3.63. The number of ether oxygens (including phenoxy) is 1. The second-order valence-electron chi connectivity index (χ2n) is 4.87. The molecule has 1 saturated heterocycles. The summed E-state index contributed by atoms with van der Waals surface area (Å²) in [7, 11) is 1.51. The Kier molecular flexibility index (Phi) is 5.00. The molecule has 1 aromatic rings. The summed E-state index contributed by atoms with van der Waals surface area (Å²) in [6.07, 6.45) is 0.467. The first-order valence-electron chi connectivity index (χ1n) is 6.41. The van der Waals surface area contributed by atoms with Crippen LogP contribution in [0.4, 0.5) is 0 Å². The van der Waals surface area contributed by atoms with Crippen LogP contribution in [0.3, 0.4) is 0 Å². The first-order valence-corrected chi connectivity index (χ1v) is 7.95. The van der Waals surface area contributed by atoms with Crippen LogP contribution in [-0.4, -0.2) is 41.1 Å². The van der Waals surface area contributed by atoms with Crippen molar-refractivity contribution in [2.45, 2.75) is 18.4 Å². The molecule has 1 heterocycles. The zero-order chi connectivity index (χ0) is 15.5. The topological polar surface area (TPSA) is 75.6 Å². The van der Waals surface area contributed by atoms with Gasteiger partial charge in [-0.1, -0.05) is 11.6 Å². The molecule has 1 aliphatic heterocycles. The Morgan fingerprint density at radius 2 is 2.29 bits per heavy atom. The molecule has 5 nitrogen and oxygen atoms in total. The number of halogens is 1. The van der Waals surface area contributed by atoms with Crippen molar-refractivity contribution in [2.24, 2.45) is 0 Å². The average Bonchev–Trinajstić information content (AvgIpc) is 2.88. The summed E-state index contributed by atoms with van der Waals surface area (Å²) >= 11 is 7.45. The molecule has 0 spiro atoms. The average molecular weight is 330 g/mol. The number of carboxylic acid groups (broad SMARTS) is 1. The van der Waals surface area contributed by atoms with Crippen molar-refractivity contribution in [2.75, 3.05) is 18.6 Å². The van der Waals surface area contributed by atoms with Crippen molar-refractivity contribution >= 4 is 35.2 Å². The molecule has 1 aliphatic rings. The maximum Gasteiger partial charge on any atom is 0.330 e. The molecule has 0 aliphatic carbocycles. The highest BCUT2D eigenvalue weighted by Crippen LogP contribution is 2.29. The maximum atomic E-state index is 12.2. The Morgan fingerprint density at radius 1 is 1.52 bits per heavy atom. The standard InChI is InChI=1S/C14H16ClNO4S/c1-20-11-3-2-10(15)6-9(11)7-12(17)16-14(13(18)19)4-5-21-8-14/h2-3,6H,4-5,7-8H2,1H3,(H,16,17)(H,18,19). The number of nitrogens with one attached hydrogen (secondary N) is 1. The van der Waals surface area contributed by atoms with Gasteiger partial charge in [0.1, 0.15) is 11.3 Å². The number of carbonyl (C=O) groups excluding carboxylic acids is 1. The maximum absolute atomic E-state index is 12.2. The predicted molar refractivity (Wildman–Crippen MR) is 82.2 cm³/mol. The van der Waals surface area contributed by atoms with Crippen molar-refractivity contribution < 1.29 is 19.4 Å². The summed E-state index contributed by atoms with van der Waals surface area (Å²) < 4.78 is 5.18. The number of carbonyl (C=O) groups is 2. The van der Waals surface area contributed by atoms with Gasteiger partial charge in [-0.25, -0.2) is 4.79 Å². The molecule has 2 N–H and O–H groups in total. The van der Waals surface area contributed by atoms with Crippen LogP contribution in [0, 0.1) is 0 Å². The van der Waals surface area contributed by atoms with E-state index in [2.05, 4.69) is 5.32 Å². The van der Waals surface area contributed by atoms with E-state index in [1.54, 1.807) is 18.2 Å². The summed E-state index contributed by atoms with van der Waals surface area (Å²) in [5.74, 6) is 0.340. The van der Waals surface area contributed by atoms with Crippen LogP contribution < -0.4 is 10.1 Å². The van der Waals surface area contributed by atoms with Crippen molar-refractivity contribution in [1.82, 2.24) is 5.32 Å². The number of aliphatic carboxylic acids is 1. The van der Waals surface area contributed by atoms with Crippen molar-refractivity contribution in [3.05, 3.63) is 28.8 Å². The molecule has 1 atom stereocenters. The number of amides is 1. The van der Waals surface area contributed by atoms with Gasteiger partial charge >= 0.3 is 5.97 Å². The zero-order valence-electron chi connectivity index (χ0n) is 11.5. The first-order chi connectivity index (χ1) is 9.97. The number of rotatable bonds is 5. The summed E-state index contributed by atoms with van der Waals surface area (Å²) in [5, 5.41) is 12.5. The molecule has 114 valence electrons. The number of benzene rings is 1. The van der Waals surface area contributed by atoms with E-state index in [1.165, 1.54) is 18.9 Å². The third-order valence-corrected chi connectivity index (χ3v) is 4.83. The molecule has 1 amide bonds. The molecule has 0 radical (unpaired) electrons. The Balaban J connectivity index is 2.11. The van der Waals surface area contributed by atoms with Gasteiger partial charge in [0.25, 0.3) is 0 Å². The highest BCUT2D eigenvalue weighted by atomic mass is 35.5. The van der Waals surface area contributed by atoms with Crippen LogP contribution in [-0.2, 0) is 16.0 Å². The van der Waals surface area contributed by atoms with Gasteiger partial charge in [-0.15, -0.1) is 0 Å². The van der Waals surface area contributed by atoms with Crippen LogP contribution in [0.25, 0.3) is 0 Å². The lowest BCUT2D eigenvalue weighted by Crippen LogP contribution is -2.55. The van der Waals surface area contributed by atoms with Crippen LogP contribution in [0.1, 0.15) is 12.0 Å². The fraction of sp³-hybridized carbons (Fsp3) is 0.429. The summed E-state index contributed by atoms with van der Waals surface area (Å²) in [6, 6.07) is 5.01. The van der Waals surface area contributed by atoms with Gasteiger partial charge in [-0.05, 0) is 30.4 Å². The zero-order valence-corrected chi connectivity index (χ0v) is 13.1. The van der Waals surface area contributed by atoms with E-state index >= 15 is 0 Å². The molecule has 7 heteroatoms. The number of carboxylic acids is 1. The highest BCUT2D eigenvalue weighted by Gasteiger charge is 2.43. The van der Waals surface area contributed by atoms with E-state index in [1.807, 2.05) is 0 Å². The molecule has 0 bridgehead atoms. The second-order valence-corrected chi connectivity index (χ2v) is 6.41. The van der Waals surface area contributed by atoms with Gasteiger partial charge < -0.3 is 15.2 Å². The number of hydrogen-bond donors (Lipinski definition) is 2. The molecule has 0 saturated carbocycles. The largest absolute Gasteiger partial charge is 0.496 e. The smallest absolute Gasteiger partial charge is 0.330 e. The van der Waals surface area contributed by atoms with Crippen LogP contribution in [0.2, 0.25) is 5.02 Å². The fourth-order valence-electron chi connectivity index (χ4n) is 2.26. The lowest BCUT2D eigenvalue weighted by molar-refractivity contribution is -0.146. The van der Waals surface area contributed by atoms with Crippen molar-refractivity contribution in [3.63, 3.8) is 0 Å². The molecule has 1 fully saturated rings. The second kappa shape index (κ2) is 6.58. The lowest BCUT2D eigenvalue weighted by Gasteiger charge is -2.24. The van der Waals surface area contributed by atoms with Gasteiger partial charge in [0.05, 0.1) is 13.5 Å². The monoisotopic (exact) mass is 329 g/mol. The Bertz CT molecular complexity index is 558. The molecular formula is C14H16ClNO4S. The minimum absolute atomic E-state index is 0.0312. The molecule has 2 rings (SSSR count). The summed E-state index contributed by atoms with van der Waals surface area (Å²) in [6.45, 7) is 0. The molecule has 21 heavy (non-hydrogen) atoms. The van der Waals surface area contributed by atoms with Gasteiger partial charge in [0, 0.05) is 16.3 Å². The van der Waals surface area contributed by atoms with E-state index in [9.17, 15) is 14.7 Å². The van der Waals surface area contributed by atoms with Crippen molar-refractivity contribution in [1.29, 1.82) is 0 Å². The fourth-order valence-corrected chi connectivity index (χ4v) is 3.78. The normalized spacial score (nSPS) is 21.0. The number of hydrogen-bond acceptors (Lipinski definition) is 4. The molecule has 0 aromatic heterocycles. The Morgan fingerprint density at radius 3 is 2.86 bits per heavy atom. The van der Waals surface area contributed by atoms with E-state index in [-0.39, 0.29) is 12.3 Å². The molecule has 1 unspecified atom stereocenters. The Labute approximate surface area is 132 Å². The van der Waals surface area contributed by atoms with Crippen LogP contribution >= 0.6 is 23.4 Å². The van der Waals surface area contributed by atoms with E-state index in [0.29, 0.717) is 28.5 Å². The quantitative estimate of drug-likeness (QED) is 0.863. The number of thioether (sulfide) groups is 1. The van der Waals surface area contributed by atoms with Gasteiger partial charge in [0.2, 0.25) is 5.91 Å². The summed E-state index contributed by atoms with van der Waals surface area (Å²) in [4.78, 5) is 23.6. The molecular weight excluding hydrogens is 314 g/mol.